The molecule has 3 heterocycles. The molecule has 3 aliphatic rings. The summed E-state index contributed by atoms with van der Waals surface area (Å²) in [4.78, 5) is 54.1. The van der Waals surface area contributed by atoms with E-state index in [2.05, 4.69) is 15.5 Å². The van der Waals surface area contributed by atoms with Crippen molar-refractivity contribution in [2.24, 2.45) is 0 Å². The largest absolute Gasteiger partial charge is 0.334 e. The number of nitrogens with zero attached hydrogens (tertiary/aromatic N) is 3. The first kappa shape index (κ1) is 19.4. The molecule has 154 valence electrons. The number of urea groups is 1. The number of benzene rings is 1. The molecule has 3 aliphatic heterocycles. The van der Waals surface area contributed by atoms with Gasteiger partial charge in [0.2, 0.25) is 11.8 Å². The first-order chi connectivity index (χ1) is 13.9. The number of hydrogen-bond acceptors (Lipinski definition) is 5. The summed E-state index contributed by atoms with van der Waals surface area (Å²) in [5.74, 6) is -0.904. The molecular weight excluding hydrogens is 374 g/mol. The van der Waals surface area contributed by atoms with E-state index < -0.39 is 11.9 Å². The minimum atomic E-state index is -0.618. The van der Waals surface area contributed by atoms with Gasteiger partial charge in [0.25, 0.3) is 5.91 Å². The van der Waals surface area contributed by atoms with Crippen molar-refractivity contribution in [3.8, 4) is 0 Å². The molecule has 9 nitrogen and oxygen atoms in total. The van der Waals surface area contributed by atoms with E-state index in [0.29, 0.717) is 38.2 Å². The van der Waals surface area contributed by atoms with Crippen LogP contribution >= 0.6 is 0 Å². The maximum atomic E-state index is 12.7. The van der Waals surface area contributed by atoms with E-state index in [1.54, 1.807) is 6.07 Å². The van der Waals surface area contributed by atoms with Crippen LogP contribution < -0.4 is 10.6 Å². The van der Waals surface area contributed by atoms with Crippen molar-refractivity contribution in [3.63, 3.8) is 0 Å². The number of amides is 5. The lowest BCUT2D eigenvalue weighted by atomic mass is 10.0. The van der Waals surface area contributed by atoms with Crippen LogP contribution in [0.25, 0.3) is 0 Å². The van der Waals surface area contributed by atoms with Crippen LogP contribution in [0.4, 0.5) is 4.79 Å². The van der Waals surface area contributed by atoms with Gasteiger partial charge in [-0.1, -0.05) is 12.1 Å². The number of fused-ring (bicyclic) bond motifs is 1. The molecule has 0 radical (unpaired) electrons. The summed E-state index contributed by atoms with van der Waals surface area (Å²) >= 11 is 0. The topological polar surface area (TPSA) is 102 Å². The second-order valence-corrected chi connectivity index (χ2v) is 7.84. The van der Waals surface area contributed by atoms with E-state index >= 15 is 0 Å². The Bertz CT molecular complexity index is 862. The molecule has 1 aromatic rings. The lowest BCUT2D eigenvalue weighted by Crippen LogP contribution is -2.52. The fraction of sp³-hybridized carbons (Fsp3) is 0.500. The van der Waals surface area contributed by atoms with Crippen molar-refractivity contribution >= 4 is 23.8 Å². The third-order valence-electron chi connectivity index (χ3n) is 5.82. The van der Waals surface area contributed by atoms with Crippen LogP contribution in [0.3, 0.4) is 0 Å². The van der Waals surface area contributed by atoms with Crippen molar-refractivity contribution in [2.45, 2.75) is 32.0 Å². The van der Waals surface area contributed by atoms with E-state index in [4.69, 9.17) is 0 Å². The van der Waals surface area contributed by atoms with Gasteiger partial charge >= 0.3 is 6.03 Å². The summed E-state index contributed by atoms with van der Waals surface area (Å²) in [5, 5.41) is 5.25. The van der Waals surface area contributed by atoms with Crippen LogP contribution in [0.2, 0.25) is 0 Å². The maximum Gasteiger partial charge on any atom is 0.317 e. The number of carbonyl (C=O) groups is 4. The molecule has 0 bridgehead atoms. The van der Waals surface area contributed by atoms with Crippen molar-refractivity contribution in [2.75, 3.05) is 33.2 Å². The highest BCUT2D eigenvalue weighted by Gasteiger charge is 2.39. The predicted molar refractivity (Wildman–Crippen MR) is 104 cm³/mol. The second kappa shape index (κ2) is 7.82. The summed E-state index contributed by atoms with van der Waals surface area (Å²) < 4.78 is 0. The highest BCUT2D eigenvalue weighted by molar-refractivity contribution is 6.05. The van der Waals surface area contributed by atoms with Gasteiger partial charge in [-0.05, 0) is 30.7 Å². The van der Waals surface area contributed by atoms with Crippen LogP contribution in [-0.2, 0) is 22.7 Å². The van der Waals surface area contributed by atoms with Crippen LogP contribution in [0.15, 0.2) is 18.2 Å². The van der Waals surface area contributed by atoms with Crippen molar-refractivity contribution in [1.82, 2.24) is 25.3 Å². The monoisotopic (exact) mass is 399 g/mol. The number of piperidine rings is 1. The van der Waals surface area contributed by atoms with Gasteiger partial charge in [-0.25, -0.2) is 4.79 Å². The lowest BCUT2D eigenvalue weighted by molar-refractivity contribution is -0.136. The van der Waals surface area contributed by atoms with Gasteiger partial charge in [0, 0.05) is 51.3 Å². The number of carbonyl (C=O) groups excluding carboxylic acids is 4. The highest BCUT2D eigenvalue weighted by atomic mass is 16.2. The normalized spacial score (nSPS) is 22.5. The molecule has 0 aliphatic carbocycles. The molecule has 0 saturated carbocycles. The molecule has 1 aromatic carbocycles. The summed E-state index contributed by atoms with van der Waals surface area (Å²) in [6.07, 6.45) is 0.582. The smallest absolute Gasteiger partial charge is 0.317 e. The molecule has 9 heteroatoms. The van der Waals surface area contributed by atoms with Gasteiger partial charge in [0.1, 0.15) is 6.04 Å². The molecule has 1 atom stereocenters. The number of hydrogen-bond donors (Lipinski definition) is 2. The summed E-state index contributed by atoms with van der Waals surface area (Å²) in [6.45, 7) is 3.87. The Morgan fingerprint density at radius 2 is 1.93 bits per heavy atom. The molecule has 29 heavy (non-hydrogen) atoms. The summed E-state index contributed by atoms with van der Waals surface area (Å²) in [7, 11) is 2.04. The second-order valence-electron chi connectivity index (χ2n) is 7.84. The fourth-order valence-electron chi connectivity index (χ4n) is 4.04. The Labute approximate surface area is 169 Å². The fourth-order valence-corrected chi connectivity index (χ4v) is 4.04. The average molecular weight is 399 g/mol. The zero-order valence-electron chi connectivity index (χ0n) is 16.4. The Morgan fingerprint density at radius 3 is 2.66 bits per heavy atom. The van der Waals surface area contributed by atoms with Gasteiger partial charge in [-0.3, -0.25) is 19.7 Å². The highest BCUT2D eigenvalue weighted by Crippen LogP contribution is 2.28. The molecule has 2 fully saturated rings. The molecule has 2 saturated heterocycles. The maximum absolute atomic E-state index is 12.7. The zero-order chi connectivity index (χ0) is 20.5. The van der Waals surface area contributed by atoms with E-state index in [-0.39, 0.29) is 24.3 Å². The van der Waals surface area contributed by atoms with Crippen molar-refractivity contribution in [1.29, 1.82) is 0 Å². The number of likely N-dealkylation sites (N-methyl/N-ethyl adjacent to an activating group) is 1. The number of imide groups is 1. The van der Waals surface area contributed by atoms with Gasteiger partial charge in [-0.2, -0.15) is 0 Å². The number of nitrogens with one attached hydrogen (secondary N) is 2. The predicted octanol–water partition coefficient (Wildman–Crippen LogP) is -0.0954. The Balaban J connectivity index is 1.38. The average Bonchev–Trinajstić information content (AvgIpc) is 3.02. The van der Waals surface area contributed by atoms with Crippen LogP contribution in [0, 0.1) is 0 Å². The molecule has 0 spiro atoms. The first-order valence-corrected chi connectivity index (χ1v) is 9.90. The van der Waals surface area contributed by atoms with Gasteiger partial charge in [0.15, 0.2) is 0 Å². The Morgan fingerprint density at radius 1 is 1.17 bits per heavy atom. The first-order valence-electron chi connectivity index (χ1n) is 9.90. The van der Waals surface area contributed by atoms with E-state index in [0.717, 1.165) is 24.2 Å². The van der Waals surface area contributed by atoms with E-state index in [9.17, 15) is 19.2 Å². The number of rotatable bonds is 3. The SMILES string of the molecule is CN1CCN(C(=O)NCc2ccc3c(c2)CN(C2CCC(=O)NC2=O)C3=O)CC1. The van der Waals surface area contributed by atoms with E-state index in [1.165, 1.54) is 4.90 Å². The minimum absolute atomic E-state index is 0.0835. The lowest BCUT2D eigenvalue weighted by Gasteiger charge is -2.32. The Hall–Kier alpha value is -2.94. The minimum Gasteiger partial charge on any atom is -0.334 e. The number of piperazine rings is 1. The third-order valence-corrected chi connectivity index (χ3v) is 5.82. The van der Waals surface area contributed by atoms with Gasteiger partial charge < -0.3 is 20.0 Å². The van der Waals surface area contributed by atoms with Crippen LogP contribution in [0.5, 0.6) is 0 Å². The summed E-state index contributed by atoms with van der Waals surface area (Å²) in [6, 6.07) is 4.78. The van der Waals surface area contributed by atoms with Gasteiger partial charge in [0.05, 0.1) is 0 Å². The molecule has 2 N–H and O–H groups in total. The molecule has 0 aromatic heterocycles. The van der Waals surface area contributed by atoms with E-state index in [1.807, 2.05) is 24.1 Å². The standard InChI is InChI=1S/C20H25N5O4/c1-23-6-8-24(9-7-23)20(29)21-11-13-2-3-15-14(10-13)12-25(19(15)28)16-4-5-17(26)22-18(16)27/h2-3,10,16H,4-9,11-12H2,1H3,(H,21,29)(H,22,26,27). The zero-order valence-corrected chi connectivity index (χ0v) is 16.4. The third kappa shape index (κ3) is 3.95. The van der Waals surface area contributed by atoms with Gasteiger partial charge in [-0.15, -0.1) is 0 Å². The molecule has 1 unspecified atom stereocenters. The quantitative estimate of drug-likeness (QED) is 0.692. The van der Waals surface area contributed by atoms with Crippen molar-refractivity contribution < 1.29 is 19.2 Å². The van der Waals surface area contributed by atoms with Crippen molar-refractivity contribution in [3.05, 3.63) is 34.9 Å². The van der Waals surface area contributed by atoms with Crippen LogP contribution in [-0.4, -0.2) is 77.7 Å². The molecule has 4 rings (SSSR count). The molecule has 5 amide bonds. The Kier molecular flexibility index (Phi) is 5.23. The van der Waals surface area contributed by atoms with Crippen LogP contribution in [0.1, 0.15) is 34.3 Å². The summed E-state index contributed by atoms with van der Waals surface area (Å²) in [5.41, 5.74) is 2.32. The molecular formula is C20H25N5O4.